The Bertz CT molecular complexity index is 630. The van der Waals surface area contributed by atoms with Crippen molar-refractivity contribution in [1.82, 2.24) is 4.72 Å². The Morgan fingerprint density at radius 3 is 2.60 bits per heavy atom. The van der Waals surface area contributed by atoms with Crippen molar-refractivity contribution in [1.29, 1.82) is 0 Å². The van der Waals surface area contributed by atoms with Gasteiger partial charge in [0.2, 0.25) is 10.0 Å². The normalized spacial score (nSPS) is 13.5. The smallest absolute Gasteiger partial charge is 0.243 e. The molecule has 6 nitrogen and oxygen atoms in total. The Kier molecular flexibility index (Phi) is 4.66. The number of oxime groups is 1. The number of rotatable bonds is 5. The number of halogens is 2. The Morgan fingerprint density at radius 2 is 2.05 bits per heavy atom. The van der Waals surface area contributed by atoms with Crippen molar-refractivity contribution in [2.75, 3.05) is 6.54 Å². The van der Waals surface area contributed by atoms with Crippen LogP contribution in [0.15, 0.2) is 28.3 Å². The molecule has 0 atom stereocenters. The monoisotopic (exact) mass is 307 g/mol. The second-order valence-corrected chi connectivity index (χ2v) is 6.50. The molecule has 0 aliphatic carbocycles. The summed E-state index contributed by atoms with van der Waals surface area (Å²) in [5.41, 5.74) is 4.41. The predicted octanol–water partition coefficient (Wildman–Crippen LogP) is 1.02. The van der Waals surface area contributed by atoms with E-state index in [9.17, 15) is 17.2 Å². The van der Waals surface area contributed by atoms with Gasteiger partial charge >= 0.3 is 0 Å². The number of hydrogen-bond donors (Lipinski definition) is 3. The standard InChI is InChI=1S/C11H15F2N3O3S/c1-11(2,10(14)16-17)6-15-20(18,19)9-5-7(12)3-4-8(9)13/h3-5,15,17H,6H2,1-2H3,(H2,14,16). The van der Waals surface area contributed by atoms with Crippen LogP contribution in [-0.2, 0) is 10.0 Å². The molecule has 9 heteroatoms. The number of nitrogens with zero attached hydrogens (tertiary/aromatic N) is 1. The Morgan fingerprint density at radius 1 is 1.45 bits per heavy atom. The molecule has 0 bridgehead atoms. The lowest BCUT2D eigenvalue weighted by Crippen LogP contribution is -2.42. The molecule has 1 aromatic rings. The molecule has 1 aromatic carbocycles. The minimum absolute atomic E-state index is 0.195. The molecule has 20 heavy (non-hydrogen) atoms. The highest BCUT2D eigenvalue weighted by atomic mass is 32.2. The van der Waals surface area contributed by atoms with Gasteiger partial charge in [-0.1, -0.05) is 19.0 Å². The molecule has 0 amide bonds. The third-order valence-corrected chi connectivity index (χ3v) is 4.10. The van der Waals surface area contributed by atoms with Gasteiger partial charge in [0.1, 0.15) is 22.4 Å². The van der Waals surface area contributed by atoms with Gasteiger partial charge in [-0.3, -0.25) is 0 Å². The Hall–Kier alpha value is -1.74. The van der Waals surface area contributed by atoms with E-state index in [4.69, 9.17) is 10.9 Å². The molecule has 0 unspecified atom stereocenters. The summed E-state index contributed by atoms with van der Waals surface area (Å²) in [5, 5.41) is 11.4. The van der Waals surface area contributed by atoms with Gasteiger partial charge in [-0.05, 0) is 18.2 Å². The molecule has 0 aliphatic rings. The summed E-state index contributed by atoms with van der Waals surface area (Å²) >= 11 is 0. The molecular weight excluding hydrogens is 292 g/mol. The number of benzene rings is 1. The Labute approximate surface area is 115 Å². The molecule has 0 aliphatic heterocycles. The fourth-order valence-electron chi connectivity index (χ4n) is 1.26. The van der Waals surface area contributed by atoms with Gasteiger partial charge in [0.25, 0.3) is 0 Å². The number of nitrogens with one attached hydrogen (secondary N) is 1. The van der Waals surface area contributed by atoms with Crippen LogP contribution < -0.4 is 10.5 Å². The van der Waals surface area contributed by atoms with E-state index in [0.29, 0.717) is 6.07 Å². The molecule has 112 valence electrons. The summed E-state index contributed by atoms with van der Waals surface area (Å²) in [4.78, 5) is -0.798. The van der Waals surface area contributed by atoms with Crippen molar-refractivity contribution in [2.24, 2.45) is 16.3 Å². The largest absolute Gasteiger partial charge is 0.409 e. The minimum Gasteiger partial charge on any atom is -0.409 e. The number of amidine groups is 1. The van der Waals surface area contributed by atoms with Crippen molar-refractivity contribution in [3.05, 3.63) is 29.8 Å². The fourth-order valence-corrected chi connectivity index (χ4v) is 2.56. The summed E-state index contributed by atoms with van der Waals surface area (Å²) < 4.78 is 52.3. The van der Waals surface area contributed by atoms with E-state index in [0.717, 1.165) is 12.1 Å². The molecule has 4 N–H and O–H groups in total. The molecule has 0 fully saturated rings. The van der Waals surface area contributed by atoms with Crippen LogP contribution >= 0.6 is 0 Å². The maximum atomic E-state index is 13.4. The lowest BCUT2D eigenvalue weighted by atomic mass is 9.93. The van der Waals surface area contributed by atoms with Gasteiger partial charge in [-0.15, -0.1) is 0 Å². The third kappa shape index (κ3) is 3.64. The summed E-state index contributed by atoms with van der Waals surface area (Å²) in [6, 6.07) is 2.11. The van der Waals surface area contributed by atoms with Gasteiger partial charge in [-0.25, -0.2) is 21.9 Å². The number of sulfonamides is 1. The molecular formula is C11H15F2N3O3S. The lowest BCUT2D eigenvalue weighted by Gasteiger charge is -2.23. The van der Waals surface area contributed by atoms with Gasteiger partial charge < -0.3 is 10.9 Å². The van der Waals surface area contributed by atoms with Crippen molar-refractivity contribution >= 4 is 15.9 Å². The molecule has 0 aromatic heterocycles. The van der Waals surface area contributed by atoms with Crippen LogP contribution in [-0.4, -0.2) is 26.0 Å². The number of nitrogens with two attached hydrogens (primary N) is 1. The van der Waals surface area contributed by atoms with Crippen LogP contribution in [0.5, 0.6) is 0 Å². The zero-order chi connectivity index (χ0) is 15.6. The molecule has 0 heterocycles. The molecule has 0 radical (unpaired) electrons. The summed E-state index contributed by atoms with van der Waals surface area (Å²) in [7, 11) is -4.25. The molecule has 0 spiro atoms. The van der Waals surface area contributed by atoms with Crippen LogP contribution in [0, 0.1) is 17.0 Å². The average molecular weight is 307 g/mol. The summed E-state index contributed by atoms with van der Waals surface area (Å²) in [6.45, 7) is 2.79. The highest BCUT2D eigenvalue weighted by molar-refractivity contribution is 7.89. The van der Waals surface area contributed by atoms with Crippen molar-refractivity contribution in [3.63, 3.8) is 0 Å². The maximum absolute atomic E-state index is 13.4. The molecule has 0 saturated heterocycles. The van der Waals surface area contributed by atoms with Crippen molar-refractivity contribution in [3.8, 4) is 0 Å². The van der Waals surface area contributed by atoms with Crippen LogP contribution in [0.3, 0.4) is 0 Å². The van der Waals surface area contributed by atoms with E-state index in [-0.39, 0.29) is 12.4 Å². The predicted molar refractivity (Wildman–Crippen MR) is 68.7 cm³/mol. The first-order valence-electron chi connectivity index (χ1n) is 5.53. The summed E-state index contributed by atoms with van der Waals surface area (Å²) in [5.74, 6) is -2.14. The zero-order valence-electron chi connectivity index (χ0n) is 10.9. The topological polar surface area (TPSA) is 105 Å². The molecule has 1 rings (SSSR count). The van der Waals surface area contributed by atoms with Crippen LogP contribution in [0.25, 0.3) is 0 Å². The van der Waals surface area contributed by atoms with Crippen molar-refractivity contribution in [2.45, 2.75) is 18.7 Å². The van der Waals surface area contributed by atoms with Gasteiger partial charge in [0, 0.05) is 12.0 Å². The third-order valence-electron chi connectivity index (χ3n) is 2.69. The van der Waals surface area contributed by atoms with Gasteiger partial charge in [-0.2, -0.15) is 0 Å². The fraction of sp³-hybridized carbons (Fsp3) is 0.364. The first kappa shape index (κ1) is 16.3. The second kappa shape index (κ2) is 5.71. The van der Waals surface area contributed by atoms with Crippen LogP contribution in [0.2, 0.25) is 0 Å². The van der Waals surface area contributed by atoms with Gasteiger partial charge in [0.05, 0.1) is 0 Å². The zero-order valence-corrected chi connectivity index (χ0v) is 11.7. The van der Waals surface area contributed by atoms with E-state index in [2.05, 4.69) is 9.88 Å². The number of hydrogen-bond acceptors (Lipinski definition) is 4. The SMILES string of the molecule is CC(C)(CNS(=O)(=O)c1cc(F)ccc1F)/C(N)=N/O. The van der Waals surface area contributed by atoms with E-state index >= 15 is 0 Å². The van der Waals surface area contributed by atoms with Crippen LogP contribution in [0.1, 0.15) is 13.8 Å². The van der Waals surface area contributed by atoms with E-state index < -0.39 is 32.0 Å². The lowest BCUT2D eigenvalue weighted by molar-refractivity contribution is 0.307. The first-order valence-corrected chi connectivity index (χ1v) is 7.01. The van der Waals surface area contributed by atoms with E-state index in [1.165, 1.54) is 13.8 Å². The van der Waals surface area contributed by atoms with E-state index in [1.54, 1.807) is 0 Å². The molecule has 0 saturated carbocycles. The Balaban J connectivity index is 3.00. The quantitative estimate of drug-likeness (QED) is 0.327. The highest BCUT2D eigenvalue weighted by Gasteiger charge is 2.28. The van der Waals surface area contributed by atoms with E-state index in [1.807, 2.05) is 0 Å². The summed E-state index contributed by atoms with van der Waals surface area (Å²) in [6.07, 6.45) is 0. The maximum Gasteiger partial charge on any atom is 0.243 e. The average Bonchev–Trinajstić information content (AvgIpc) is 2.38. The second-order valence-electron chi connectivity index (χ2n) is 4.77. The van der Waals surface area contributed by atoms with Crippen LogP contribution in [0.4, 0.5) is 8.78 Å². The van der Waals surface area contributed by atoms with Gasteiger partial charge in [0.15, 0.2) is 0 Å². The highest BCUT2D eigenvalue weighted by Crippen LogP contribution is 2.18. The van der Waals surface area contributed by atoms with Crippen molar-refractivity contribution < 1.29 is 22.4 Å². The first-order chi connectivity index (χ1) is 9.10. The minimum atomic E-state index is -4.25.